The summed E-state index contributed by atoms with van der Waals surface area (Å²) in [4.78, 5) is 0. The Kier molecular flexibility index (Phi) is 4.70. The van der Waals surface area contributed by atoms with Crippen molar-refractivity contribution in [1.29, 1.82) is 0 Å². The first-order valence-corrected chi connectivity index (χ1v) is 7.26. The van der Waals surface area contributed by atoms with Gasteiger partial charge in [-0.05, 0) is 12.1 Å². The standard InChI is InChI=1S/C10H11ClF2O3S/c1-7(6-17(11,14)15)5-16-8-2-3-9(12)10(13)4-8/h2-4,7H,5-6H2,1H3. The molecule has 0 aliphatic heterocycles. The highest BCUT2D eigenvalue weighted by Crippen LogP contribution is 2.16. The summed E-state index contributed by atoms with van der Waals surface area (Å²) >= 11 is 0. The van der Waals surface area contributed by atoms with Crippen molar-refractivity contribution >= 4 is 19.7 Å². The Morgan fingerprint density at radius 3 is 2.53 bits per heavy atom. The minimum absolute atomic E-state index is 0.0526. The van der Waals surface area contributed by atoms with Crippen molar-refractivity contribution in [3.8, 4) is 5.75 Å². The van der Waals surface area contributed by atoms with E-state index in [1.54, 1.807) is 6.92 Å². The van der Waals surface area contributed by atoms with E-state index in [0.717, 1.165) is 12.1 Å². The summed E-state index contributed by atoms with van der Waals surface area (Å²) in [7, 11) is 1.48. The maximum Gasteiger partial charge on any atom is 0.232 e. The lowest BCUT2D eigenvalue weighted by Gasteiger charge is -2.11. The van der Waals surface area contributed by atoms with E-state index in [0.29, 0.717) is 0 Å². The monoisotopic (exact) mass is 284 g/mol. The second-order valence-electron chi connectivity index (χ2n) is 3.70. The summed E-state index contributed by atoms with van der Waals surface area (Å²) < 4.78 is 52.0. The normalized spacial score (nSPS) is 13.4. The topological polar surface area (TPSA) is 43.4 Å². The Morgan fingerprint density at radius 1 is 1.35 bits per heavy atom. The molecule has 7 heteroatoms. The van der Waals surface area contributed by atoms with Gasteiger partial charge in [0.25, 0.3) is 0 Å². The van der Waals surface area contributed by atoms with Crippen LogP contribution in [0.4, 0.5) is 8.78 Å². The highest BCUT2D eigenvalue weighted by Gasteiger charge is 2.13. The van der Waals surface area contributed by atoms with Gasteiger partial charge in [0, 0.05) is 22.7 Å². The summed E-state index contributed by atoms with van der Waals surface area (Å²) in [5.41, 5.74) is 0. The van der Waals surface area contributed by atoms with Crippen LogP contribution in [0.5, 0.6) is 5.75 Å². The third-order valence-corrected chi connectivity index (χ3v) is 3.25. The molecule has 0 saturated heterocycles. The predicted octanol–water partition coefficient (Wildman–Crippen LogP) is 2.55. The van der Waals surface area contributed by atoms with Crippen molar-refractivity contribution in [1.82, 2.24) is 0 Å². The van der Waals surface area contributed by atoms with Gasteiger partial charge >= 0.3 is 0 Å². The molecule has 0 fully saturated rings. The predicted molar refractivity (Wildman–Crippen MR) is 60.7 cm³/mol. The largest absolute Gasteiger partial charge is 0.493 e. The molecule has 1 unspecified atom stereocenters. The average Bonchev–Trinajstić information content (AvgIpc) is 2.17. The molecule has 1 rings (SSSR count). The fourth-order valence-electron chi connectivity index (χ4n) is 1.19. The molecule has 0 amide bonds. The van der Waals surface area contributed by atoms with Crippen molar-refractivity contribution in [2.45, 2.75) is 6.92 Å². The van der Waals surface area contributed by atoms with Crippen molar-refractivity contribution in [3.63, 3.8) is 0 Å². The molecule has 1 atom stereocenters. The van der Waals surface area contributed by atoms with Crippen LogP contribution in [0.1, 0.15) is 6.92 Å². The van der Waals surface area contributed by atoms with Gasteiger partial charge in [0.2, 0.25) is 9.05 Å². The summed E-state index contributed by atoms with van der Waals surface area (Å²) in [5, 5.41) is 0. The summed E-state index contributed by atoms with van der Waals surface area (Å²) in [6.07, 6.45) is 0. The zero-order valence-electron chi connectivity index (χ0n) is 8.99. The van der Waals surface area contributed by atoms with E-state index in [1.165, 1.54) is 6.07 Å². The fourth-order valence-corrected chi connectivity index (χ4v) is 2.61. The number of hydrogen-bond donors (Lipinski definition) is 0. The fraction of sp³-hybridized carbons (Fsp3) is 0.400. The Bertz CT molecular complexity index is 490. The van der Waals surface area contributed by atoms with Gasteiger partial charge < -0.3 is 4.74 Å². The van der Waals surface area contributed by atoms with E-state index < -0.39 is 20.7 Å². The van der Waals surface area contributed by atoms with E-state index in [1.807, 2.05) is 0 Å². The quantitative estimate of drug-likeness (QED) is 0.781. The van der Waals surface area contributed by atoms with Gasteiger partial charge in [-0.1, -0.05) is 6.92 Å². The van der Waals surface area contributed by atoms with E-state index >= 15 is 0 Å². The molecule has 0 bridgehead atoms. The van der Waals surface area contributed by atoms with Crippen LogP contribution < -0.4 is 4.74 Å². The maximum atomic E-state index is 12.8. The summed E-state index contributed by atoms with van der Waals surface area (Å²) in [5.74, 6) is -2.42. The van der Waals surface area contributed by atoms with Crippen molar-refractivity contribution in [2.75, 3.05) is 12.4 Å². The van der Waals surface area contributed by atoms with Crippen molar-refractivity contribution in [3.05, 3.63) is 29.8 Å². The van der Waals surface area contributed by atoms with Crippen LogP contribution in [0.25, 0.3) is 0 Å². The Balaban J connectivity index is 2.53. The number of benzene rings is 1. The van der Waals surface area contributed by atoms with Gasteiger partial charge in [-0.3, -0.25) is 0 Å². The number of halogens is 3. The van der Waals surface area contributed by atoms with Crippen molar-refractivity contribution < 1.29 is 21.9 Å². The van der Waals surface area contributed by atoms with Crippen LogP contribution in [0.15, 0.2) is 18.2 Å². The number of ether oxygens (including phenoxy) is 1. The first-order chi connectivity index (χ1) is 7.78. The summed E-state index contributed by atoms with van der Waals surface area (Å²) in [6.45, 7) is 1.68. The van der Waals surface area contributed by atoms with E-state index in [9.17, 15) is 17.2 Å². The van der Waals surface area contributed by atoms with Crippen molar-refractivity contribution in [2.24, 2.45) is 5.92 Å². The Morgan fingerprint density at radius 2 is 2.00 bits per heavy atom. The molecule has 0 spiro atoms. The van der Waals surface area contributed by atoms with Gasteiger partial charge in [-0.25, -0.2) is 17.2 Å². The SMILES string of the molecule is CC(COc1ccc(F)c(F)c1)CS(=O)(=O)Cl. The van der Waals surface area contributed by atoms with Gasteiger partial charge in [-0.15, -0.1) is 0 Å². The van der Waals surface area contributed by atoms with Gasteiger partial charge in [-0.2, -0.15) is 0 Å². The van der Waals surface area contributed by atoms with Gasteiger partial charge in [0.15, 0.2) is 11.6 Å². The van der Waals surface area contributed by atoms with Crippen LogP contribution in [0, 0.1) is 17.6 Å². The minimum Gasteiger partial charge on any atom is -0.493 e. The second kappa shape index (κ2) is 5.64. The van der Waals surface area contributed by atoms with E-state index in [-0.39, 0.29) is 24.0 Å². The lowest BCUT2D eigenvalue weighted by Crippen LogP contribution is -2.16. The molecule has 0 aliphatic carbocycles. The van der Waals surface area contributed by atoms with Crippen LogP contribution in [-0.2, 0) is 9.05 Å². The zero-order valence-corrected chi connectivity index (χ0v) is 10.6. The van der Waals surface area contributed by atoms with Gasteiger partial charge in [0.05, 0.1) is 12.4 Å². The number of hydrogen-bond acceptors (Lipinski definition) is 3. The molecular weight excluding hydrogens is 274 g/mol. The molecule has 3 nitrogen and oxygen atoms in total. The molecule has 96 valence electrons. The molecule has 0 saturated carbocycles. The summed E-state index contributed by atoms with van der Waals surface area (Å²) in [6, 6.07) is 3.10. The smallest absolute Gasteiger partial charge is 0.232 e. The average molecular weight is 285 g/mol. The van der Waals surface area contributed by atoms with Crippen LogP contribution >= 0.6 is 10.7 Å². The highest BCUT2D eigenvalue weighted by molar-refractivity contribution is 8.13. The third-order valence-electron chi connectivity index (χ3n) is 1.91. The lowest BCUT2D eigenvalue weighted by atomic mass is 10.2. The molecule has 0 N–H and O–H groups in total. The van der Waals surface area contributed by atoms with Crippen LogP contribution in [-0.4, -0.2) is 20.8 Å². The van der Waals surface area contributed by atoms with E-state index in [4.69, 9.17) is 15.4 Å². The van der Waals surface area contributed by atoms with E-state index in [2.05, 4.69) is 0 Å². The first kappa shape index (κ1) is 14.2. The molecule has 1 aromatic rings. The molecular formula is C10H11ClF2O3S. The Hall–Kier alpha value is -0.880. The van der Waals surface area contributed by atoms with Crippen LogP contribution in [0.3, 0.4) is 0 Å². The first-order valence-electron chi connectivity index (χ1n) is 4.78. The third kappa shape index (κ3) is 5.32. The lowest BCUT2D eigenvalue weighted by molar-refractivity contribution is 0.270. The molecule has 0 radical (unpaired) electrons. The van der Waals surface area contributed by atoms with Crippen LogP contribution in [0.2, 0.25) is 0 Å². The number of rotatable bonds is 5. The Labute approximate surface area is 103 Å². The highest BCUT2D eigenvalue weighted by atomic mass is 35.7. The molecule has 0 heterocycles. The molecule has 0 aliphatic rings. The molecule has 1 aromatic carbocycles. The maximum absolute atomic E-state index is 12.8. The minimum atomic E-state index is -3.58. The van der Waals surface area contributed by atoms with Gasteiger partial charge in [0.1, 0.15) is 5.75 Å². The second-order valence-corrected chi connectivity index (χ2v) is 6.52. The molecule has 17 heavy (non-hydrogen) atoms. The molecule has 0 aromatic heterocycles. The zero-order chi connectivity index (χ0) is 13.1.